The van der Waals surface area contributed by atoms with Crippen LogP contribution in [0.2, 0.25) is 0 Å². The van der Waals surface area contributed by atoms with E-state index in [-0.39, 0.29) is 12.8 Å². The Morgan fingerprint density at radius 2 is 1.78 bits per heavy atom. The Labute approximate surface area is 160 Å². The Hall–Kier alpha value is -2.89. The van der Waals surface area contributed by atoms with Crippen LogP contribution in [0.15, 0.2) is 42.5 Å². The second kappa shape index (κ2) is 8.66. The van der Waals surface area contributed by atoms with Gasteiger partial charge in [0.15, 0.2) is 6.73 Å². The number of hydrogen-bond donors (Lipinski definition) is 1. The van der Waals surface area contributed by atoms with E-state index < -0.39 is 0 Å². The number of benzene rings is 2. The van der Waals surface area contributed by atoms with Crippen molar-refractivity contribution in [1.29, 1.82) is 0 Å². The summed E-state index contributed by atoms with van der Waals surface area (Å²) in [6.45, 7) is 7.13. The third-order valence-electron chi connectivity index (χ3n) is 4.93. The number of amides is 2. The molecule has 1 N–H and O–H groups in total. The Bertz CT molecular complexity index is 786. The minimum absolute atomic E-state index is 0.0986. The maximum atomic E-state index is 12.4. The van der Waals surface area contributed by atoms with Gasteiger partial charge in [0.05, 0.1) is 12.8 Å². The van der Waals surface area contributed by atoms with Crippen LogP contribution in [0.5, 0.6) is 11.5 Å². The van der Waals surface area contributed by atoms with Crippen molar-refractivity contribution in [3.05, 3.63) is 53.6 Å². The van der Waals surface area contributed by atoms with Gasteiger partial charge in [0, 0.05) is 26.2 Å². The SMILES string of the molecule is COc1ccccc1N1CCN(C(=O)NCOc2ccc(C)c(C)c2)CC1. The van der Waals surface area contributed by atoms with Gasteiger partial charge in [0.2, 0.25) is 0 Å². The first-order valence-corrected chi connectivity index (χ1v) is 9.19. The van der Waals surface area contributed by atoms with E-state index in [2.05, 4.69) is 17.1 Å². The summed E-state index contributed by atoms with van der Waals surface area (Å²) in [5, 5.41) is 2.83. The Kier molecular flexibility index (Phi) is 6.06. The molecule has 2 aromatic carbocycles. The molecule has 0 spiro atoms. The van der Waals surface area contributed by atoms with Crippen LogP contribution < -0.4 is 19.7 Å². The number of nitrogens with zero attached hydrogens (tertiary/aromatic N) is 2. The van der Waals surface area contributed by atoms with E-state index in [0.717, 1.165) is 30.3 Å². The molecule has 0 radical (unpaired) electrons. The number of hydrogen-bond acceptors (Lipinski definition) is 4. The van der Waals surface area contributed by atoms with Crippen LogP contribution in [0.1, 0.15) is 11.1 Å². The number of rotatable bonds is 5. The number of piperazine rings is 1. The summed E-state index contributed by atoms with van der Waals surface area (Å²) in [5.74, 6) is 1.62. The molecule has 144 valence electrons. The first-order chi connectivity index (χ1) is 13.1. The van der Waals surface area contributed by atoms with E-state index in [1.165, 1.54) is 11.1 Å². The molecule has 0 saturated carbocycles. The van der Waals surface area contributed by atoms with Crippen molar-refractivity contribution in [1.82, 2.24) is 10.2 Å². The monoisotopic (exact) mass is 369 g/mol. The fourth-order valence-corrected chi connectivity index (χ4v) is 3.14. The van der Waals surface area contributed by atoms with Crippen LogP contribution in [-0.4, -0.2) is 51.0 Å². The van der Waals surface area contributed by atoms with Gasteiger partial charge < -0.3 is 24.6 Å². The normalized spacial score (nSPS) is 14.0. The molecule has 1 aliphatic rings. The van der Waals surface area contributed by atoms with E-state index >= 15 is 0 Å². The third-order valence-corrected chi connectivity index (χ3v) is 4.93. The topological polar surface area (TPSA) is 54.0 Å². The molecule has 2 amide bonds. The molecule has 0 atom stereocenters. The van der Waals surface area contributed by atoms with Crippen LogP contribution in [0.25, 0.3) is 0 Å². The molecule has 1 heterocycles. The van der Waals surface area contributed by atoms with Gasteiger partial charge in [-0.1, -0.05) is 18.2 Å². The van der Waals surface area contributed by atoms with Crippen molar-refractivity contribution in [3.63, 3.8) is 0 Å². The van der Waals surface area contributed by atoms with E-state index in [4.69, 9.17) is 9.47 Å². The predicted molar refractivity (Wildman–Crippen MR) is 107 cm³/mol. The van der Waals surface area contributed by atoms with Crippen LogP contribution in [0.3, 0.4) is 0 Å². The number of aryl methyl sites for hydroxylation is 2. The van der Waals surface area contributed by atoms with Crippen LogP contribution >= 0.6 is 0 Å². The molecule has 1 aliphatic heterocycles. The lowest BCUT2D eigenvalue weighted by molar-refractivity contribution is 0.181. The largest absolute Gasteiger partial charge is 0.495 e. The number of anilines is 1. The molecule has 0 aliphatic carbocycles. The second-order valence-electron chi connectivity index (χ2n) is 6.66. The van der Waals surface area contributed by atoms with Crippen molar-refractivity contribution in [2.24, 2.45) is 0 Å². The van der Waals surface area contributed by atoms with Crippen LogP contribution in [0, 0.1) is 13.8 Å². The number of carbonyl (C=O) groups excluding carboxylic acids is 1. The Morgan fingerprint density at radius 1 is 1.04 bits per heavy atom. The summed E-state index contributed by atoms with van der Waals surface area (Å²) in [6, 6.07) is 13.8. The molecule has 1 fully saturated rings. The predicted octanol–water partition coefficient (Wildman–Crippen LogP) is 3.18. The van der Waals surface area contributed by atoms with Crippen molar-refractivity contribution < 1.29 is 14.3 Å². The summed E-state index contributed by atoms with van der Waals surface area (Å²) >= 11 is 0. The molecular weight excluding hydrogens is 342 g/mol. The zero-order chi connectivity index (χ0) is 19.2. The highest BCUT2D eigenvalue weighted by Crippen LogP contribution is 2.28. The summed E-state index contributed by atoms with van der Waals surface area (Å²) < 4.78 is 11.1. The molecule has 27 heavy (non-hydrogen) atoms. The smallest absolute Gasteiger partial charge is 0.320 e. The summed E-state index contributed by atoms with van der Waals surface area (Å²) in [4.78, 5) is 16.4. The van der Waals surface area contributed by atoms with Gasteiger partial charge in [-0.05, 0) is 49.2 Å². The fourth-order valence-electron chi connectivity index (χ4n) is 3.14. The molecule has 3 rings (SSSR count). The second-order valence-corrected chi connectivity index (χ2v) is 6.66. The van der Waals surface area contributed by atoms with Gasteiger partial charge in [-0.25, -0.2) is 4.79 Å². The van der Waals surface area contributed by atoms with Crippen LogP contribution in [0.4, 0.5) is 10.5 Å². The zero-order valence-electron chi connectivity index (χ0n) is 16.2. The summed E-state index contributed by atoms with van der Waals surface area (Å²) in [5.41, 5.74) is 3.46. The maximum absolute atomic E-state index is 12.4. The average molecular weight is 369 g/mol. The molecular formula is C21H27N3O3. The number of carbonyl (C=O) groups is 1. The number of methoxy groups -OCH3 is 1. The fraction of sp³-hybridized carbons (Fsp3) is 0.381. The number of nitrogens with one attached hydrogen (secondary N) is 1. The first-order valence-electron chi connectivity index (χ1n) is 9.19. The highest BCUT2D eigenvalue weighted by Gasteiger charge is 2.22. The van der Waals surface area contributed by atoms with Gasteiger partial charge in [0.1, 0.15) is 11.5 Å². The number of urea groups is 1. The molecule has 0 bridgehead atoms. The van der Waals surface area contributed by atoms with Crippen LogP contribution in [-0.2, 0) is 0 Å². The minimum atomic E-state index is -0.0986. The quantitative estimate of drug-likeness (QED) is 0.823. The lowest BCUT2D eigenvalue weighted by atomic mass is 10.1. The van der Waals surface area contributed by atoms with Crippen molar-refractivity contribution >= 4 is 11.7 Å². The molecule has 1 saturated heterocycles. The Morgan fingerprint density at radius 3 is 2.48 bits per heavy atom. The van der Waals surface area contributed by atoms with E-state index in [0.29, 0.717) is 13.1 Å². The van der Waals surface area contributed by atoms with Gasteiger partial charge in [0.25, 0.3) is 0 Å². The van der Waals surface area contributed by atoms with Gasteiger partial charge in [-0.15, -0.1) is 0 Å². The third kappa shape index (κ3) is 4.64. The summed E-state index contributed by atoms with van der Waals surface area (Å²) in [6.07, 6.45) is 0. The molecule has 6 nitrogen and oxygen atoms in total. The Balaban J connectivity index is 1.46. The minimum Gasteiger partial charge on any atom is -0.495 e. The number of para-hydroxylation sites is 2. The molecule has 2 aromatic rings. The van der Waals surface area contributed by atoms with Crippen molar-refractivity contribution in [2.45, 2.75) is 13.8 Å². The van der Waals surface area contributed by atoms with Gasteiger partial charge in [-0.3, -0.25) is 0 Å². The highest BCUT2D eigenvalue weighted by molar-refractivity contribution is 5.74. The van der Waals surface area contributed by atoms with E-state index in [9.17, 15) is 4.79 Å². The number of ether oxygens (including phenoxy) is 2. The average Bonchev–Trinajstić information content (AvgIpc) is 2.70. The summed E-state index contributed by atoms with van der Waals surface area (Å²) in [7, 11) is 1.68. The van der Waals surface area contributed by atoms with E-state index in [1.54, 1.807) is 7.11 Å². The first kappa shape index (κ1) is 18.9. The van der Waals surface area contributed by atoms with Gasteiger partial charge >= 0.3 is 6.03 Å². The maximum Gasteiger partial charge on any atom is 0.320 e. The van der Waals surface area contributed by atoms with Crippen molar-refractivity contribution in [2.75, 3.05) is 44.9 Å². The zero-order valence-corrected chi connectivity index (χ0v) is 16.2. The van der Waals surface area contributed by atoms with Gasteiger partial charge in [-0.2, -0.15) is 0 Å². The standard InChI is InChI=1S/C21H27N3O3/c1-16-8-9-18(14-17(16)2)27-15-22-21(25)24-12-10-23(11-13-24)19-6-4-5-7-20(19)26-3/h4-9,14H,10-13,15H2,1-3H3,(H,22,25). The lowest BCUT2D eigenvalue weighted by Gasteiger charge is -2.36. The molecule has 6 heteroatoms. The molecule has 0 unspecified atom stereocenters. The lowest BCUT2D eigenvalue weighted by Crippen LogP contribution is -2.52. The highest BCUT2D eigenvalue weighted by atomic mass is 16.5. The van der Waals surface area contributed by atoms with E-state index in [1.807, 2.05) is 54.3 Å². The molecule has 0 aromatic heterocycles. The van der Waals surface area contributed by atoms with Crippen molar-refractivity contribution in [3.8, 4) is 11.5 Å².